The van der Waals surface area contributed by atoms with Crippen LogP contribution in [0.3, 0.4) is 0 Å². The molecule has 170 valence electrons. The topological polar surface area (TPSA) is 80.3 Å². The summed E-state index contributed by atoms with van der Waals surface area (Å²) in [5, 5.41) is 0. The van der Waals surface area contributed by atoms with Crippen LogP contribution in [0.25, 0.3) is 0 Å². The lowest BCUT2D eigenvalue weighted by Crippen LogP contribution is -2.39. The van der Waals surface area contributed by atoms with Crippen molar-refractivity contribution in [2.75, 3.05) is 6.61 Å². The predicted molar refractivity (Wildman–Crippen MR) is 113 cm³/mol. The van der Waals surface area contributed by atoms with E-state index in [4.69, 9.17) is 23.7 Å². The van der Waals surface area contributed by atoms with Crippen LogP contribution in [-0.2, 0) is 39.9 Å². The second-order valence-corrected chi connectivity index (χ2v) is 8.36. The van der Waals surface area contributed by atoms with Crippen LogP contribution in [0.4, 0.5) is 0 Å². The summed E-state index contributed by atoms with van der Waals surface area (Å²) in [6.45, 7) is 7.69. The monoisotopic (exact) mass is 432 g/mol. The molecule has 0 saturated carbocycles. The Hall–Kier alpha value is -2.06. The molecule has 2 heterocycles. The van der Waals surface area contributed by atoms with Gasteiger partial charge < -0.3 is 28.5 Å². The maximum Gasteiger partial charge on any atom is 0.330 e. The molecule has 0 N–H and O–H groups in total. The molecule has 3 rings (SSSR count). The number of rotatable bonds is 10. The van der Waals surface area contributed by atoms with Gasteiger partial charge in [0, 0.05) is 18.4 Å². The summed E-state index contributed by atoms with van der Waals surface area (Å²) in [5.74, 6) is -1.32. The standard InChI is InChI=1S/C24H32O7/c1-5-27-20(26)13-9-12-19(28-15-17-10-7-6-8-11-17)21-18(14-16(2)25)22-23(29-21)31-24(3,4)30-22/h6-11,13,18-19,21-23H,5,12,14-15H2,1-4H3/b13-9+/t18-,19+,21+,22-,23-/m1/s1. The smallest absolute Gasteiger partial charge is 0.330 e. The molecule has 0 unspecified atom stereocenters. The summed E-state index contributed by atoms with van der Waals surface area (Å²) in [4.78, 5) is 23.7. The number of ether oxygens (including phenoxy) is 5. The van der Waals surface area contributed by atoms with E-state index in [2.05, 4.69) is 0 Å². The highest BCUT2D eigenvalue weighted by Crippen LogP contribution is 2.44. The van der Waals surface area contributed by atoms with Crippen molar-refractivity contribution in [3.8, 4) is 0 Å². The van der Waals surface area contributed by atoms with Gasteiger partial charge in [-0.3, -0.25) is 0 Å². The Kier molecular flexibility index (Phi) is 8.00. The Morgan fingerprint density at radius 1 is 1.19 bits per heavy atom. The summed E-state index contributed by atoms with van der Waals surface area (Å²) >= 11 is 0. The number of benzene rings is 1. The van der Waals surface area contributed by atoms with E-state index in [-0.39, 0.29) is 17.8 Å². The molecule has 7 nitrogen and oxygen atoms in total. The van der Waals surface area contributed by atoms with E-state index in [0.29, 0.717) is 26.1 Å². The third-order valence-corrected chi connectivity index (χ3v) is 5.33. The Morgan fingerprint density at radius 2 is 1.94 bits per heavy atom. The van der Waals surface area contributed by atoms with E-state index in [1.807, 2.05) is 44.2 Å². The maximum absolute atomic E-state index is 12.0. The number of Topliss-reactive ketones (excluding diaryl/α,β-unsaturated/α-hetero) is 1. The van der Waals surface area contributed by atoms with Crippen molar-refractivity contribution in [1.82, 2.24) is 0 Å². The number of hydrogen-bond acceptors (Lipinski definition) is 7. The highest BCUT2D eigenvalue weighted by molar-refractivity contribution is 5.81. The van der Waals surface area contributed by atoms with E-state index >= 15 is 0 Å². The van der Waals surface area contributed by atoms with Gasteiger partial charge in [-0.2, -0.15) is 0 Å². The van der Waals surface area contributed by atoms with Gasteiger partial charge in [-0.15, -0.1) is 0 Å². The lowest BCUT2D eigenvalue weighted by molar-refractivity contribution is -0.224. The highest BCUT2D eigenvalue weighted by Gasteiger charge is 2.56. The summed E-state index contributed by atoms with van der Waals surface area (Å²) in [6.07, 6.45) is 2.14. The van der Waals surface area contributed by atoms with Crippen molar-refractivity contribution in [3.05, 3.63) is 48.0 Å². The van der Waals surface area contributed by atoms with E-state index < -0.39 is 30.3 Å². The first-order valence-corrected chi connectivity index (χ1v) is 10.8. The molecule has 2 aliphatic rings. The lowest BCUT2D eigenvalue weighted by atomic mass is 9.88. The summed E-state index contributed by atoms with van der Waals surface area (Å²) in [6, 6.07) is 9.82. The van der Waals surface area contributed by atoms with Crippen molar-refractivity contribution >= 4 is 11.8 Å². The number of ketones is 1. The van der Waals surface area contributed by atoms with Crippen LogP contribution in [0.1, 0.15) is 46.1 Å². The first kappa shape index (κ1) is 23.6. The second-order valence-electron chi connectivity index (χ2n) is 8.36. The Bertz CT molecular complexity index is 773. The largest absolute Gasteiger partial charge is 0.463 e. The van der Waals surface area contributed by atoms with Crippen LogP contribution in [0.2, 0.25) is 0 Å². The van der Waals surface area contributed by atoms with Crippen molar-refractivity contribution in [2.24, 2.45) is 5.92 Å². The van der Waals surface area contributed by atoms with Crippen LogP contribution in [-0.4, -0.2) is 48.7 Å². The third-order valence-electron chi connectivity index (χ3n) is 5.33. The SMILES string of the molecule is CCOC(=O)/C=C/C[C@H](OCc1ccccc1)[C@H]1O[C@@H]2OC(C)(C)O[C@@H]2[C@@H]1CC(C)=O. The minimum absolute atomic E-state index is 0.0523. The Morgan fingerprint density at radius 3 is 2.61 bits per heavy atom. The number of carbonyl (C=O) groups excluding carboxylic acids is 2. The molecule has 0 amide bonds. The number of carbonyl (C=O) groups is 2. The predicted octanol–water partition coefficient (Wildman–Crippen LogP) is 3.55. The molecule has 2 fully saturated rings. The second kappa shape index (κ2) is 10.5. The number of esters is 1. The summed E-state index contributed by atoms with van der Waals surface area (Å²) in [7, 11) is 0. The average Bonchev–Trinajstić information content (AvgIpc) is 3.17. The van der Waals surface area contributed by atoms with Gasteiger partial charge in [0.25, 0.3) is 0 Å². The number of hydrogen-bond donors (Lipinski definition) is 0. The quantitative estimate of drug-likeness (QED) is 0.413. The normalized spacial score (nSPS) is 27.9. The molecular formula is C24H32O7. The van der Waals surface area contributed by atoms with E-state index in [1.165, 1.54) is 6.08 Å². The molecule has 0 aliphatic carbocycles. The van der Waals surface area contributed by atoms with E-state index in [1.54, 1.807) is 19.9 Å². The molecule has 2 saturated heterocycles. The third kappa shape index (κ3) is 6.46. The fourth-order valence-electron chi connectivity index (χ4n) is 4.09. The fraction of sp³-hybridized carbons (Fsp3) is 0.583. The first-order valence-electron chi connectivity index (χ1n) is 10.8. The van der Waals surface area contributed by atoms with Crippen molar-refractivity contribution in [3.63, 3.8) is 0 Å². The van der Waals surface area contributed by atoms with Gasteiger partial charge in [0.2, 0.25) is 0 Å². The summed E-state index contributed by atoms with van der Waals surface area (Å²) in [5.41, 5.74) is 1.02. The van der Waals surface area contributed by atoms with Crippen LogP contribution in [0.5, 0.6) is 0 Å². The molecule has 2 aliphatic heterocycles. The molecule has 1 aromatic rings. The minimum atomic E-state index is -0.764. The van der Waals surface area contributed by atoms with Gasteiger partial charge in [-0.1, -0.05) is 36.4 Å². The van der Waals surface area contributed by atoms with E-state index in [9.17, 15) is 9.59 Å². The van der Waals surface area contributed by atoms with Crippen LogP contribution in [0.15, 0.2) is 42.5 Å². The van der Waals surface area contributed by atoms with Gasteiger partial charge in [0.1, 0.15) is 11.9 Å². The molecule has 1 aromatic carbocycles. The summed E-state index contributed by atoms with van der Waals surface area (Å²) < 4.78 is 29.4. The zero-order chi connectivity index (χ0) is 22.4. The molecule has 0 bridgehead atoms. The zero-order valence-corrected chi connectivity index (χ0v) is 18.6. The molecule has 0 aromatic heterocycles. The molecule has 0 spiro atoms. The molecular weight excluding hydrogens is 400 g/mol. The highest BCUT2D eigenvalue weighted by atomic mass is 16.8. The van der Waals surface area contributed by atoms with Crippen LogP contribution >= 0.6 is 0 Å². The molecule has 5 atom stereocenters. The first-order chi connectivity index (χ1) is 14.8. The average molecular weight is 433 g/mol. The Labute approximate surface area is 183 Å². The van der Waals surface area contributed by atoms with Crippen molar-refractivity contribution < 1.29 is 33.3 Å². The van der Waals surface area contributed by atoms with Crippen molar-refractivity contribution in [2.45, 2.75) is 77.5 Å². The minimum Gasteiger partial charge on any atom is -0.463 e. The fourth-order valence-corrected chi connectivity index (χ4v) is 4.09. The van der Waals surface area contributed by atoms with Gasteiger partial charge >= 0.3 is 5.97 Å². The molecule has 0 radical (unpaired) electrons. The molecule has 31 heavy (non-hydrogen) atoms. The van der Waals surface area contributed by atoms with Gasteiger partial charge in [-0.05, 0) is 39.7 Å². The van der Waals surface area contributed by atoms with E-state index in [0.717, 1.165) is 5.56 Å². The number of fused-ring (bicyclic) bond motifs is 1. The van der Waals surface area contributed by atoms with Crippen molar-refractivity contribution in [1.29, 1.82) is 0 Å². The van der Waals surface area contributed by atoms with Crippen LogP contribution < -0.4 is 0 Å². The maximum atomic E-state index is 12.0. The van der Waals surface area contributed by atoms with Gasteiger partial charge in [0.05, 0.1) is 25.4 Å². The van der Waals surface area contributed by atoms with Gasteiger partial charge in [0.15, 0.2) is 12.1 Å². The van der Waals surface area contributed by atoms with Crippen LogP contribution in [0, 0.1) is 5.92 Å². The van der Waals surface area contributed by atoms with Gasteiger partial charge in [-0.25, -0.2) is 4.79 Å². The zero-order valence-electron chi connectivity index (χ0n) is 18.6. The Balaban J connectivity index is 1.76. The lowest BCUT2D eigenvalue weighted by Gasteiger charge is -2.30. The molecule has 7 heteroatoms.